The lowest BCUT2D eigenvalue weighted by molar-refractivity contribution is 0.268. The number of fused-ring (bicyclic) bond motifs is 1. The van der Waals surface area contributed by atoms with Crippen molar-refractivity contribution in [3.05, 3.63) is 17.6 Å². The molecule has 0 amide bonds. The van der Waals surface area contributed by atoms with Crippen LogP contribution >= 0.6 is 0 Å². The van der Waals surface area contributed by atoms with Crippen molar-refractivity contribution in [3.63, 3.8) is 0 Å². The van der Waals surface area contributed by atoms with E-state index in [2.05, 4.69) is 22.2 Å². The zero-order valence-electron chi connectivity index (χ0n) is 11.3. The molecule has 0 spiro atoms. The van der Waals surface area contributed by atoms with Crippen molar-refractivity contribution < 1.29 is 0 Å². The standard InChI is InChI=1S/C15H23N3/c1-2-15(9-6-10-15)18-14-12-7-4-3-5-8-13(12)16-11-17-14/h11H,2-10H2,1H3,(H,16,17,18). The summed E-state index contributed by atoms with van der Waals surface area (Å²) < 4.78 is 0. The molecule has 3 heteroatoms. The summed E-state index contributed by atoms with van der Waals surface area (Å²) in [4.78, 5) is 9.01. The molecule has 2 aliphatic carbocycles. The van der Waals surface area contributed by atoms with Gasteiger partial charge in [-0.1, -0.05) is 13.3 Å². The number of nitrogens with zero attached hydrogens (tertiary/aromatic N) is 2. The molecule has 1 saturated carbocycles. The highest BCUT2D eigenvalue weighted by atomic mass is 15.1. The summed E-state index contributed by atoms with van der Waals surface area (Å²) in [7, 11) is 0. The Balaban J connectivity index is 1.87. The summed E-state index contributed by atoms with van der Waals surface area (Å²) in [6.07, 6.45) is 13.1. The lowest BCUT2D eigenvalue weighted by Gasteiger charge is -2.42. The highest BCUT2D eigenvalue weighted by Crippen LogP contribution is 2.38. The average molecular weight is 245 g/mol. The number of rotatable bonds is 3. The van der Waals surface area contributed by atoms with Crippen molar-refractivity contribution >= 4 is 5.82 Å². The second-order valence-corrected chi connectivity index (χ2v) is 5.82. The Hall–Kier alpha value is -1.12. The van der Waals surface area contributed by atoms with Gasteiger partial charge in [-0.25, -0.2) is 9.97 Å². The normalized spacial score (nSPS) is 21.6. The molecule has 1 N–H and O–H groups in total. The minimum atomic E-state index is 0.328. The second-order valence-electron chi connectivity index (χ2n) is 5.82. The maximum absolute atomic E-state index is 4.53. The minimum Gasteiger partial charge on any atom is -0.364 e. The molecule has 3 nitrogen and oxygen atoms in total. The van der Waals surface area contributed by atoms with Crippen LogP contribution in [0.15, 0.2) is 6.33 Å². The van der Waals surface area contributed by atoms with Crippen LogP contribution in [-0.2, 0) is 12.8 Å². The molecule has 0 saturated heterocycles. The van der Waals surface area contributed by atoms with E-state index in [1.54, 1.807) is 6.33 Å². The fourth-order valence-corrected chi connectivity index (χ4v) is 3.23. The van der Waals surface area contributed by atoms with Gasteiger partial charge in [-0.3, -0.25) is 0 Å². The highest BCUT2D eigenvalue weighted by molar-refractivity contribution is 5.49. The highest BCUT2D eigenvalue weighted by Gasteiger charge is 2.35. The van der Waals surface area contributed by atoms with Gasteiger partial charge in [-0.2, -0.15) is 0 Å². The summed E-state index contributed by atoms with van der Waals surface area (Å²) >= 11 is 0. The van der Waals surface area contributed by atoms with E-state index in [0.29, 0.717) is 5.54 Å². The Labute approximate surface area is 109 Å². The maximum Gasteiger partial charge on any atom is 0.133 e. The molecule has 1 heterocycles. The van der Waals surface area contributed by atoms with Crippen LogP contribution in [0.3, 0.4) is 0 Å². The Morgan fingerprint density at radius 3 is 2.67 bits per heavy atom. The molecule has 0 atom stereocenters. The maximum atomic E-state index is 4.53. The van der Waals surface area contributed by atoms with Gasteiger partial charge in [-0.05, 0) is 51.4 Å². The van der Waals surface area contributed by atoms with Crippen molar-refractivity contribution in [1.29, 1.82) is 0 Å². The van der Waals surface area contributed by atoms with E-state index in [4.69, 9.17) is 0 Å². The number of aryl methyl sites for hydroxylation is 1. The molecule has 18 heavy (non-hydrogen) atoms. The van der Waals surface area contributed by atoms with Gasteiger partial charge in [-0.15, -0.1) is 0 Å². The van der Waals surface area contributed by atoms with Crippen molar-refractivity contribution in [2.75, 3.05) is 5.32 Å². The van der Waals surface area contributed by atoms with Crippen LogP contribution in [0.25, 0.3) is 0 Å². The number of nitrogens with one attached hydrogen (secondary N) is 1. The molecule has 0 bridgehead atoms. The first-order valence-electron chi connectivity index (χ1n) is 7.44. The molecule has 3 rings (SSSR count). The third-order valence-electron chi connectivity index (χ3n) is 4.75. The van der Waals surface area contributed by atoms with Crippen LogP contribution in [0.5, 0.6) is 0 Å². The number of hydrogen-bond donors (Lipinski definition) is 1. The van der Waals surface area contributed by atoms with E-state index in [1.165, 1.54) is 56.2 Å². The third-order valence-corrected chi connectivity index (χ3v) is 4.75. The van der Waals surface area contributed by atoms with Crippen LogP contribution in [0.4, 0.5) is 5.82 Å². The van der Waals surface area contributed by atoms with Crippen molar-refractivity contribution in [1.82, 2.24) is 9.97 Å². The predicted octanol–water partition coefficient (Wildman–Crippen LogP) is 3.49. The zero-order valence-corrected chi connectivity index (χ0v) is 11.3. The van der Waals surface area contributed by atoms with E-state index in [1.807, 2.05) is 0 Å². The van der Waals surface area contributed by atoms with Crippen LogP contribution in [0.1, 0.15) is 63.1 Å². The summed E-state index contributed by atoms with van der Waals surface area (Å²) in [6, 6.07) is 0. The van der Waals surface area contributed by atoms with E-state index in [0.717, 1.165) is 18.7 Å². The van der Waals surface area contributed by atoms with Gasteiger partial charge in [0.25, 0.3) is 0 Å². The lowest BCUT2D eigenvalue weighted by atomic mass is 9.75. The number of hydrogen-bond acceptors (Lipinski definition) is 3. The molecule has 0 radical (unpaired) electrons. The van der Waals surface area contributed by atoms with E-state index < -0.39 is 0 Å². The molecular weight excluding hydrogens is 222 g/mol. The zero-order chi connectivity index (χ0) is 12.4. The van der Waals surface area contributed by atoms with E-state index in [-0.39, 0.29) is 0 Å². The smallest absolute Gasteiger partial charge is 0.133 e. The summed E-state index contributed by atoms with van der Waals surface area (Å²) in [5.41, 5.74) is 3.01. The average Bonchev–Trinajstić information content (AvgIpc) is 2.59. The van der Waals surface area contributed by atoms with Crippen molar-refractivity contribution in [2.45, 2.75) is 70.3 Å². The van der Waals surface area contributed by atoms with Crippen LogP contribution in [-0.4, -0.2) is 15.5 Å². The van der Waals surface area contributed by atoms with Crippen LogP contribution in [0, 0.1) is 0 Å². The number of aromatic nitrogens is 2. The van der Waals surface area contributed by atoms with Crippen LogP contribution in [0.2, 0.25) is 0 Å². The molecule has 0 aromatic carbocycles. The van der Waals surface area contributed by atoms with Crippen molar-refractivity contribution in [3.8, 4) is 0 Å². The first-order chi connectivity index (χ1) is 8.83. The molecule has 0 unspecified atom stereocenters. The first kappa shape index (κ1) is 11.9. The van der Waals surface area contributed by atoms with Gasteiger partial charge in [0.15, 0.2) is 0 Å². The molecular formula is C15H23N3. The van der Waals surface area contributed by atoms with Gasteiger partial charge in [0.1, 0.15) is 12.1 Å². The summed E-state index contributed by atoms with van der Waals surface area (Å²) in [5.74, 6) is 1.13. The van der Waals surface area contributed by atoms with Gasteiger partial charge < -0.3 is 5.32 Å². The summed E-state index contributed by atoms with van der Waals surface area (Å²) in [5, 5.41) is 3.75. The third kappa shape index (κ3) is 2.11. The molecule has 1 aromatic heterocycles. The fraction of sp³-hybridized carbons (Fsp3) is 0.733. The minimum absolute atomic E-state index is 0.328. The molecule has 0 aliphatic heterocycles. The van der Waals surface area contributed by atoms with Gasteiger partial charge in [0, 0.05) is 16.8 Å². The van der Waals surface area contributed by atoms with Gasteiger partial charge in [0.05, 0.1) is 0 Å². The largest absolute Gasteiger partial charge is 0.364 e. The van der Waals surface area contributed by atoms with Gasteiger partial charge >= 0.3 is 0 Å². The monoisotopic (exact) mass is 245 g/mol. The second kappa shape index (κ2) is 4.87. The Morgan fingerprint density at radius 2 is 1.94 bits per heavy atom. The number of anilines is 1. The van der Waals surface area contributed by atoms with Crippen molar-refractivity contribution in [2.24, 2.45) is 0 Å². The lowest BCUT2D eigenvalue weighted by Crippen LogP contribution is -2.44. The molecule has 1 aromatic rings. The quantitative estimate of drug-likeness (QED) is 0.828. The topological polar surface area (TPSA) is 37.8 Å². The van der Waals surface area contributed by atoms with Gasteiger partial charge in [0.2, 0.25) is 0 Å². The SMILES string of the molecule is CCC1(Nc2ncnc3c2CCCCC3)CCC1. The van der Waals surface area contributed by atoms with E-state index >= 15 is 0 Å². The molecule has 2 aliphatic rings. The molecule has 1 fully saturated rings. The Kier molecular flexibility index (Phi) is 3.23. The first-order valence-corrected chi connectivity index (χ1v) is 7.44. The summed E-state index contributed by atoms with van der Waals surface area (Å²) in [6.45, 7) is 2.28. The fourth-order valence-electron chi connectivity index (χ4n) is 3.23. The predicted molar refractivity (Wildman–Crippen MR) is 73.8 cm³/mol. The Bertz CT molecular complexity index is 418. The Morgan fingerprint density at radius 1 is 1.11 bits per heavy atom. The molecule has 98 valence electrons. The van der Waals surface area contributed by atoms with E-state index in [9.17, 15) is 0 Å². The van der Waals surface area contributed by atoms with Crippen LogP contribution < -0.4 is 5.32 Å².